The molecule has 0 aliphatic carbocycles. The van der Waals surface area contributed by atoms with Crippen LogP contribution in [-0.2, 0) is 24.7 Å². The fraction of sp³-hybridized carbons (Fsp3) is 0.250. The molecule has 68 valence electrons. The Hall–Kier alpha value is -0.800. The molecule has 1 saturated heterocycles. The molecular weight excluding hydrogens is 191 g/mol. The third-order valence-corrected chi connectivity index (χ3v) is 2.21. The van der Waals surface area contributed by atoms with Crippen molar-refractivity contribution in [3.63, 3.8) is 0 Å². The van der Waals surface area contributed by atoms with E-state index in [0.717, 1.165) is 5.56 Å². The average molecular weight is 198 g/mol. The van der Waals surface area contributed by atoms with Crippen LogP contribution in [0, 0.1) is 0 Å². The minimum atomic E-state index is -0.982. The van der Waals surface area contributed by atoms with Crippen molar-refractivity contribution in [2.45, 2.75) is 5.79 Å². The van der Waals surface area contributed by atoms with E-state index in [0.29, 0.717) is 0 Å². The molecule has 0 amide bonds. The Kier molecular flexibility index (Phi) is 2.38. The maximum Gasteiger partial charge on any atom is 0.330 e. The van der Waals surface area contributed by atoms with E-state index in [-0.39, 0.29) is 6.61 Å². The molecule has 13 heavy (non-hydrogen) atoms. The summed E-state index contributed by atoms with van der Waals surface area (Å²) in [5.74, 6) is -0.982. The number of hydrogen-bond acceptors (Lipinski definition) is 4. The number of hydrogen-bond donors (Lipinski definition) is 0. The van der Waals surface area contributed by atoms with Crippen molar-refractivity contribution in [1.29, 1.82) is 0 Å². The van der Waals surface area contributed by atoms with Gasteiger partial charge in [0.25, 0.3) is 5.79 Å². The van der Waals surface area contributed by atoms with Crippen molar-refractivity contribution < 1.29 is 18.9 Å². The van der Waals surface area contributed by atoms with Gasteiger partial charge in [-0.2, -0.15) is 4.89 Å². The molecule has 0 bridgehead atoms. The monoisotopic (exact) mass is 198 g/mol. The molecule has 1 heterocycles. The molecule has 2 rings (SSSR count). The second-order valence-electron chi connectivity index (χ2n) is 2.63. The van der Waals surface area contributed by atoms with Crippen LogP contribution >= 0.6 is 8.69 Å². The van der Waals surface area contributed by atoms with E-state index in [1.807, 2.05) is 30.3 Å². The van der Waals surface area contributed by atoms with Gasteiger partial charge in [-0.3, -0.25) is 0 Å². The number of benzene rings is 1. The van der Waals surface area contributed by atoms with Gasteiger partial charge in [-0.05, 0) is 0 Å². The van der Waals surface area contributed by atoms with Crippen molar-refractivity contribution in [3.05, 3.63) is 35.9 Å². The Balaban J connectivity index is 2.26. The van der Waals surface area contributed by atoms with E-state index >= 15 is 0 Å². The molecule has 4 nitrogen and oxygen atoms in total. The van der Waals surface area contributed by atoms with Gasteiger partial charge in [0, 0.05) is 5.56 Å². The van der Waals surface area contributed by atoms with E-state index in [9.17, 15) is 4.57 Å². The standard InChI is InChI=1S/C8H7O4P/c9-13-12-8(6-10-11-8)7-4-2-1-3-5-7/h1-5H,6H2. The minimum absolute atomic E-state index is 0.256. The van der Waals surface area contributed by atoms with Crippen LogP contribution in [0.25, 0.3) is 0 Å². The SMILES string of the molecule is O=POC1(c2ccccc2)COO1. The highest BCUT2D eigenvalue weighted by Crippen LogP contribution is 2.37. The Morgan fingerprint density at radius 1 is 1.38 bits per heavy atom. The van der Waals surface area contributed by atoms with Crippen LogP contribution in [-0.4, -0.2) is 6.61 Å². The zero-order valence-corrected chi connectivity index (χ0v) is 7.57. The average Bonchev–Trinajstić information content (AvgIpc) is 2.13. The fourth-order valence-electron chi connectivity index (χ4n) is 1.14. The summed E-state index contributed by atoms with van der Waals surface area (Å²) in [5, 5.41) is 0. The predicted molar refractivity (Wildman–Crippen MR) is 43.8 cm³/mol. The van der Waals surface area contributed by atoms with Gasteiger partial charge >= 0.3 is 8.69 Å². The van der Waals surface area contributed by atoms with Crippen LogP contribution in [0.1, 0.15) is 5.56 Å². The molecule has 5 heteroatoms. The summed E-state index contributed by atoms with van der Waals surface area (Å²) < 4.78 is 15.2. The highest BCUT2D eigenvalue weighted by molar-refractivity contribution is 7.17. The van der Waals surface area contributed by atoms with Gasteiger partial charge < -0.3 is 0 Å². The van der Waals surface area contributed by atoms with Crippen LogP contribution in [0.3, 0.4) is 0 Å². The Morgan fingerprint density at radius 2 is 2.08 bits per heavy atom. The lowest BCUT2D eigenvalue weighted by molar-refractivity contribution is -0.529. The fourth-order valence-corrected chi connectivity index (χ4v) is 1.45. The molecule has 0 radical (unpaired) electrons. The molecule has 1 atom stereocenters. The highest BCUT2D eigenvalue weighted by Gasteiger charge is 2.45. The second kappa shape index (κ2) is 3.52. The van der Waals surface area contributed by atoms with Crippen molar-refractivity contribution in [2.24, 2.45) is 0 Å². The molecule has 1 aromatic carbocycles. The summed E-state index contributed by atoms with van der Waals surface area (Å²) >= 11 is 0. The quantitative estimate of drug-likeness (QED) is 0.550. The van der Waals surface area contributed by atoms with E-state index in [1.54, 1.807) is 0 Å². The van der Waals surface area contributed by atoms with Crippen LogP contribution in [0.15, 0.2) is 30.3 Å². The van der Waals surface area contributed by atoms with Gasteiger partial charge in [-0.1, -0.05) is 30.3 Å². The summed E-state index contributed by atoms with van der Waals surface area (Å²) in [6.45, 7) is 0.256. The molecule has 0 N–H and O–H groups in total. The lowest BCUT2D eigenvalue weighted by atomic mass is 10.1. The number of rotatable bonds is 3. The van der Waals surface area contributed by atoms with Crippen molar-refractivity contribution in [3.8, 4) is 0 Å². The Bertz CT molecular complexity index is 296. The van der Waals surface area contributed by atoms with Gasteiger partial charge in [0.2, 0.25) is 0 Å². The third kappa shape index (κ3) is 1.49. The van der Waals surface area contributed by atoms with Crippen LogP contribution in [0.2, 0.25) is 0 Å². The molecule has 1 fully saturated rings. The third-order valence-electron chi connectivity index (χ3n) is 1.84. The van der Waals surface area contributed by atoms with Crippen molar-refractivity contribution in [2.75, 3.05) is 6.61 Å². The summed E-state index contributed by atoms with van der Waals surface area (Å²) in [4.78, 5) is 9.39. The van der Waals surface area contributed by atoms with Crippen LogP contribution in [0.5, 0.6) is 0 Å². The van der Waals surface area contributed by atoms with Gasteiger partial charge in [0.15, 0.2) is 0 Å². The Morgan fingerprint density at radius 3 is 2.54 bits per heavy atom. The highest BCUT2D eigenvalue weighted by atomic mass is 31.1. The van der Waals surface area contributed by atoms with Gasteiger partial charge in [0.1, 0.15) is 6.61 Å². The van der Waals surface area contributed by atoms with E-state index in [1.165, 1.54) is 0 Å². The maximum atomic E-state index is 10.3. The molecule has 1 aliphatic rings. The largest absolute Gasteiger partial charge is 0.330 e. The van der Waals surface area contributed by atoms with E-state index in [4.69, 9.17) is 9.41 Å². The molecule has 1 aromatic rings. The summed E-state index contributed by atoms with van der Waals surface area (Å²) in [6.07, 6.45) is 0. The summed E-state index contributed by atoms with van der Waals surface area (Å²) in [7, 11) is -0.419. The topological polar surface area (TPSA) is 44.8 Å². The molecule has 1 aliphatic heterocycles. The zero-order valence-electron chi connectivity index (χ0n) is 6.67. The van der Waals surface area contributed by atoms with Gasteiger partial charge in [-0.15, -0.1) is 0 Å². The first-order chi connectivity index (χ1) is 6.37. The first kappa shape index (κ1) is 8.78. The molecule has 0 saturated carbocycles. The lowest BCUT2D eigenvalue weighted by Crippen LogP contribution is -2.44. The van der Waals surface area contributed by atoms with E-state index in [2.05, 4.69) is 4.89 Å². The van der Waals surface area contributed by atoms with Crippen LogP contribution in [0.4, 0.5) is 0 Å². The maximum absolute atomic E-state index is 10.3. The van der Waals surface area contributed by atoms with Crippen molar-refractivity contribution >= 4 is 8.69 Å². The summed E-state index contributed by atoms with van der Waals surface area (Å²) in [5.41, 5.74) is 0.796. The van der Waals surface area contributed by atoms with E-state index < -0.39 is 14.5 Å². The van der Waals surface area contributed by atoms with Gasteiger partial charge in [-0.25, -0.2) is 14.0 Å². The van der Waals surface area contributed by atoms with Crippen molar-refractivity contribution in [1.82, 2.24) is 0 Å². The summed E-state index contributed by atoms with van der Waals surface area (Å²) in [6, 6.07) is 9.24. The first-order valence-electron chi connectivity index (χ1n) is 3.74. The minimum Gasteiger partial charge on any atom is -0.250 e. The predicted octanol–water partition coefficient (Wildman–Crippen LogP) is 2.02. The lowest BCUT2D eigenvalue weighted by Gasteiger charge is -2.36. The molecule has 0 aromatic heterocycles. The molecule has 1 unspecified atom stereocenters. The second-order valence-corrected chi connectivity index (χ2v) is 2.96. The molecular formula is C8H7O4P. The Labute approximate surface area is 76.6 Å². The first-order valence-corrected chi connectivity index (χ1v) is 4.47. The zero-order chi connectivity index (χ0) is 9.15. The normalized spacial score (nSPS) is 27.1. The smallest absolute Gasteiger partial charge is 0.250 e. The molecule has 0 spiro atoms. The van der Waals surface area contributed by atoms with Crippen LogP contribution < -0.4 is 0 Å². The van der Waals surface area contributed by atoms with Gasteiger partial charge in [0.05, 0.1) is 0 Å².